The Kier molecular flexibility index (Phi) is 5.66. The van der Waals surface area contributed by atoms with E-state index in [2.05, 4.69) is 50.4 Å². The predicted molar refractivity (Wildman–Crippen MR) is 98.9 cm³/mol. The number of nitrogens with one attached hydrogen (secondary N) is 1. The van der Waals surface area contributed by atoms with E-state index in [9.17, 15) is 4.79 Å². The number of carbonyl (C=O) groups excluding carboxylic acids is 1. The van der Waals surface area contributed by atoms with E-state index >= 15 is 0 Å². The van der Waals surface area contributed by atoms with Crippen molar-refractivity contribution in [1.29, 1.82) is 0 Å². The van der Waals surface area contributed by atoms with Crippen LogP contribution < -0.4 is 10.1 Å². The van der Waals surface area contributed by atoms with E-state index in [1.807, 2.05) is 26.0 Å². The first-order valence-corrected chi connectivity index (χ1v) is 8.39. The Hall–Kier alpha value is -2.29. The minimum Gasteiger partial charge on any atom is -0.496 e. The first kappa shape index (κ1) is 18.1. The zero-order chi connectivity index (χ0) is 17.9. The Morgan fingerprint density at radius 3 is 2.21 bits per heavy atom. The maximum atomic E-state index is 12.7. The van der Waals surface area contributed by atoms with Crippen LogP contribution in [0.25, 0.3) is 0 Å². The summed E-state index contributed by atoms with van der Waals surface area (Å²) in [5.74, 6) is 1.08. The molecule has 0 aliphatic heterocycles. The summed E-state index contributed by atoms with van der Waals surface area (Å²) in [6.07, 6.45) is 0. The van der Waals surface area contributed by atoms with Crippen molar-refractivity contribution in [3.05, 3.63) is 64.2 Å². The van der Waals surface area contributed by atoms with Gasteiger partial charge in [-0.15, -0.1) is 0 Å². The lowest BCUT2D eigenvalue weighted by atomic mass is 9.95. The number of ether oxygens (including phenoxy) is 1. The van der Waals surface area contributed by atoms with Gasteiger partial charge in [-0.25, -0.2) is 0 Å². The van der Waals surface area contributed by atoms with Crippen molar-refractivity contribution in [3.63, 3.8) is 0 Å². The van der Waals surface area contributed by atoms with E-state index in [0.717, 1.165) is 22.4 Å². The predicted octanol–water partition coefficient (Wildman–Crippen LogP) is 4.93. The molecule has 2 aromatic rings. The number of benzene rings is 2. The van der Waals surface area contributed by atoms with Crippen LogP contribution in [-0.4, -0.2) is 13.0 Å². The van der Waals surface area contributed by atoms with Crippen molar-refractivity contribution in [1.82, 2.24) is 5.32 Å². The molecule has 0 saturated heterocycles. The van der Waals surface area contributed by atoms with Gasteiger partial charge in [0.15, 0.2) is 0 Å². The van der Waals surface area contributed by atoms with Crippen LogP contribution in [0.4, 0.5) is 0 Å². The highest BCUT2D eigenvalue weighted by Crippen LogP contribution is 2.30. The Bertz CT molecular complexity index is 717. The van der Waals surface area contributed by atoms with Gasteiger partial charge < -0.3 is 10.1 Å². The molecule has 1 N–H and O–H groups in total. The largest absolute Gasteiger partial charge is 0.496 e. The fourth-order valence-corrected chi connectivity index (χ4v) is 2.78. The molecule has 0 aromatic heterocycles. The maximum Gasteiger partial charge on any atom is 0.252 e. The molecule has 2 aromatic carbocycles. The molecule has 0 spiro atoms. The number of hydrogen-bond acceptors (Lipinski definition) is 2. The molecule has 0 fully saturated rings. The van der Waals surface area contributed by atoms with Crippen molar-refractivity contribution < 1.29 is 9.53 Å². The average Bonchev–Trinajstić information content (AvgIpc) is 2.54. The van der Waals surface area contributed by atoms with Gasteiger partial charge in [-0.05, 0) is 55.5 Å². The van der Waals surface area contributed by atoms with Gasteiger partial charge in [0, 0.05) is 5.56 Å². The van der Waals surface area contributed by atoms with Crippen molar-refractivity contribution >= 4 is 5.91 Å². The molecule has 1 amide bonds. The zero-order valence-corrected chi connectivity index (χ0v) is 15.4. The van der Waals surface area contributed by atoms with E-state index in [1.54, 1.807) is 7.11 Å². The molecule has 0 aliphatic rings. The summed E-state index contributed by atoms with van der Waals surface area (Å²) >= 11 is 0. The normalized spacial score (nSPS) is 12.1. The Morgan fingerprint density at radius 2 is 1.67 bits per heavy atom. The summed E-state index contributed by atoms with van der Waals surface area (Å²) in [5, 5.41) is 3.10. The van der Waals surface area contributed by atoms with Crippen LogP contribution in [0, 0.1) is 13.8 Å². The molecular weight excluding hydrogens is 298 g/mol. The summed E-state index contributed by atoms with van der Waals surface area (Å²) in [6, 6.07) is 12.1. The molecule has 0 aliphatic carbocycles. The monoisotopic (exact) mass is 325 g/mol. The van der Waals surface area contributed by atoms with E-state index in [1.165, 1.54) is 5.56 Å². The second kappa shape index (κ2) is 7.52. The quantitative estimate of drug-likeness (QED) is 0.847. The summed E-state index contributed by atoms with van der Waals surface area (Å²) in [4.78, 5) is 12.7. The van der Waals surface area contributed by atoms with Crippen LogP contribution in [-0.2, 0) is 0 Å². The topological polar surface area (TPSA) is 38.3 Å². The van der Waals surface area contributed by atoms with E-state index < -0.39 is 0 Å². The maximum absolute atomic E-state index is 12.7. The lowest BCUT2D eigenvalue weighted by Gasteiger charge is -2.18. The van der Waals surface area contributed by atoms with Gasteiger partial charge in [0.25, 0.3) is 5.91 Å². The zero-order valence-electron chi connectivity index (χ0n) is 15.4. The van der Waals surface area contributed by atoms with Crippen LogP contribution in [0.5, 0.6) is 5.75 Å². The number of amides is 1. The highest BCUT2D eigenvalue weighted by Gasteiger charge is 2.17. The average molecular weight is 325 g/mol. The van der Waals surface area contributed by atoms with Crippen molar-refractivity contribution in [2.45, 2.75) is 46.6 Å². The third-order valence-electron chi connectivity index (χ3n) is 4.37. The lowest BCUT2D eigenvalue weighted by Crippen LogP contribution is -2.27. The minimum absolute atomic E-state index is 0.0397. The third kappa shape index (κ3) is 3.97. The number of methoxy groups -OCH3 is 1. The second-order valence-corrected chi connectivity index (χ2v) is 6.67. The molecule has 0 unspecified atom stereocenters. The van der Waals surface area contributed by atoms with Crippen LogP contribution in [0.15, 0.2) is 36.4 Å². The number of carbonyl (C=O) groups is 1. The fourth-order valence-electron chi connectivity index (χ4n) is 2.78. The summed E-state index contributed by atoms with van der Waals surface area (Å²) in [6.45, 7) is 10.2. The Morgan fingerprint density at radius 1 is 1.04 bits per heavy atom. The molecule has 0 radical (unpaired) electrons. The number of aryl methyl sites for hydroxylation is 2. The minimum atomic E-state index is -0.0508. The van der Waals surface area contributed by atoms with Gasteiger partial charge in [-0.2, -0.15) is 0 Å². The Labute approximate surface area is 145 Å². The van der Waals surface area contributed by atoms with Gasteiger partial charge in [0.2, 0.25) is 0 Å². The molecule has 24 heavy (non-hydrogen) atoms. The first-order valence-electron chi connectivity index (χ1n) is 8.39. The summed E-state index contributed by atoms with van der Waals surface area (Å²) in [5.41, 5.74) is 4.99. The van der Waals surface area contributed by atoms with Crippen LogP contribution in [0.2, 0.25) is 0 Å². The summed E-state index contributed by atoms with van der Waals surface area (Å²) < 4.78 is 5.45. The van der Waals surface area contributed by atoms with E-state index in [4.69, 9.17) is 4.74 Å². The SMILES string of the molecule is COc1cc(C)c(C(=O)N[C@H](C)c2ccc(C)cc2)cc1C(C)C. The molecule has 0 heterocycles. The molecular formula is C21H27NO2. The second-order valence-electron chi connectivity index (χ2n) is 6.67. The molecule has 0 bridgehead atoms. The lowest BCUT2D eigenvalue weighted by molar-refractivity contribution is 0.0939. The molecule has 2 rings (SSSR count). The van der Waals surface area contributed by atoms with Gasteiger partial charge in [-0.3, -0.25) is 4.79 Å². The Balaban J connectivity index is 2.26. The van der Waals surface area contributed by atoms with Crippen LogP contribution in [0.3, 0.4) is 0 Å². The van der Waals surface area contributed by atoms with Gasteiger partial charge in [-0.1, -0.05) is 43.7 Å². The molecule has 3 nitrogen and oxygen atoms in total. The standard InChI is InChI=1S/C21H27NO2/c1-13(2)18-12-19(15(4)11-20(18)24-6)21(23)22-16(5)17-9-7-14(3)8-10-17/h7-13,16H,1-6H3,(H,22,23)/t16-/m1/s1. The van der Waals surface area contributed by atoms with E-state index in [-0.39, 0.29) is 11.9 Å². The number of rotatable bonds is 5. The van der Waals surface area contributed by atoms with Crippen LogP contribution in [0.1, 0.15) is 65.3 Å². The fraction of sp³-hybridized carbons (Fsp3) is 0.381. The van der Waals surface area contributed by atoms with Gasteiger partial charge in [0.1, 0.15) is 5.75 Å². The summed E-state index contributed by atoms with van der Waals surface area (Å²) in [7, 11) is 1.67. The highest BCUT2D eigenvalue weighted by molar-refractivity contribution is 5.96. The molecule has 1 atom stereocenters. The van der Waals surface area contributed by atoms with Crippen molar-refractivity contribution in [2.75, 3.05) is 7.11 Å². The van der Waals surface area contributed by atoms with Crippen molar-refractivity contribution in [2.24, 2.45) is 0 Å². The number of hydrogen-bond donors (Lipinski definition) is 1. The molecule has 128 valence electrons. The highest BCUT2D eigenvalue weighted by atomic mass is 16.5. The van der Waals surface area contributed by atoms with Crippen LogP contribution >= 0.6 is 0 Å². The van der Waals surface area contributed by atoms with Crippen molar-refractivity contribution in [3.8, 4) is 5.75 Å². The third-order valence-corrected chi connectivity index (χ3v) is 4.37. The van der Waals surface area contributed by atoms with Gasteiger partial charge >= 0.3 is 0 Å². The molecule has 0 saturated carbocycles. The van der Waals surface area contributed by atoms with E-state index in [0.29, 0.717) is 11.5 Å². The molecule has 3 heteroatoms. The smallest absolute Gasteiger partial charge is 0.252 e. The first-order chi connectivity index (χ1) is 11.3. The van der Waals surface area contributed by atoms with Gasteiger partial charge in [0.05, 0.1) is 13.2 Å².